The van der Waals surface area contributed by atoms with Gasteiger partial charge in [0, 0.05) is 38.9 Å². The summed E-state index contributed by atoms with van der Waals surface area (Å²) in [5, 5.41) is 8.68. The van der Waals surface area contributed by atoms with Gasteiger partial charge in [-0.25, -0.2) is 0 Å². The zero-order chi connectivity index (χ0) is 16.5. The lowest BCUT2D eigenvalue weighted by Crippen LogP contribution is -2.45. The number of anilines is 3. The first-order valence-corrected chi connectivity index (χ1v) is 8.16. The lowest BCUT2D eigenvalue weighted by molar-refractivity contribution is 0.311. The highest BCUT2D eigenvalue weighted by atomic mass is 15.4. The Morgan fingerprint density at radius 2 is 1.71 bits per heavy atom. The minimum atomic E-state index is 0.762. The third kappa shape index (κ3) is 2.78. The van der Waals surface area contributed by atoms with Crippen molar-refractivity contribution in [3.8, 4) is 0 Å². The van der Waals surface area contributed by atoms with Gasteiger partial charge < -0.3 is 15.1 Å². The number of aryl methyl sites for hydroxylation is 1. The molecule has 2 aromatic heterocycles. The first-order chi connectivity index (χ1) is 11.7. The highest BCUT2D eigenvalue weighted by molar-refractivity contribution is 5.89. The van der Waals surface area contributed by atoms with Gasteiger partial charge in [0.1, 0.15) is 5.82 Å². The topological polar surface area (TPSA) is 62.1 Å². The second-order valence-corrected chi connectivity index (χ2v) is 6.16. The third-order valence-electron chi connectivity index (χ3n) is 4.40. The zero-order valence-electron chi connectivity index (χ0n) is 14.0. The summed E-state index contributed by atoms with van der Waals surface area (Å²) in [6.45, 7) is 3.91. The normalized spacial score (nSPS) is 15.8. The average Bonchev–Trinajstić information content (AvgIpc) is 2.98. The smallest absolute Gasteiger partial charge is 0.229 e. The first-order valence-electron chi connectivity index (χ1n) is 8.16. The van der Waals surface area contributed by atoms with Crippen molar-refractivity contribution in [2.45, 2.75) is 0 Å². The number of fused-ring (bicyclic) bond motifs is 1. The van der Waals surface area contributed by atoms with Crippen LogP contribution in [-0.4, -0.2) is 57.9 Å². The van der Waals surface area contributed by atoms with E-state index in [9.17, 15) is 0 Å². The van der Waals surface area contributed by atoms with Crippen LogP contribution in [0.15, 0.2) is 36.5 Å². The molecule has 0 radical (unpaired) electrons. The molecule has 1 fully saturated rings. The number of hydrogen-bond donors (Lipinski definition) is 1. The summed E-state index contributed by atoms with van der Waals surface area (Å²) < 4.78 is 1.80. The second kappa shape index (κ2) is 6.09. The van der Waals surface area contributed by atoms with Crippen LogP contribution in [0.25, 0.3) is 11.0 Å². The number of likely N-dealkylation sites (N-methyl/N-ethyl adjacent to an activating group) is 1. The molecule has 24 heavy (non-hydrogen) atoms. The lowest BCUT2D eigenvalue weighted by atomic mass is 10.3. The quantitative estimate of drug-likeness (QED) is 0.794. The molecule has 0 spiro atoms. The number of piperazine rings is 1. The fourth-order valence-corrected chi connectivity index (χ4v) is 2.91. The molecule has 0 aliphatic carbocycles. The molecule has 4 rings (SSSR count). The zero-order valence-corrected chi connectivity index (χ0v) is 14.0. The van der Waals surface area contributed by atoms with E-state index in [0.717, 1.165) is 54.7 Å². The summed E-state index contributed by atoms with van der Waals surface area (Å²) in [4.78, 5) is 14.1. The summed E-state index contributed by atoms with van der Waals surface area (Å²) in [5.41, 5.74) is 1.85. The van der Waals surface area contributed by atoms with E-state index in [1.54, 1.807) is 4.68 Å². The van der Waals surface area contributed by atoms with E-state index in [2.05, 4.69) is 27.3 Å². The molecule has 1 N–H and O–H groups in total. The molecule has 0 amide bonds. The monoisotopic (exact) mass is 323 g/mol. The Kier molecular flexibility index (Phi) is 3.78. The summed E-state index contributed by atoms with van der Waals surface area (Å²) >= 11 is 0. The van der Waals surface area contributed by atoms with Crippen molar-refractivity contribution in [1.82, 2.24) is 24.6 Å². The molecule has 3 aromatic rings. The van der Waals surface area contributed by atoms with Crippen molar-refractivity contribution in [3.63, 3.8) is 0 Å². The van der Waals surface area contributed by atoms with E-state index in [0.29, 0.717) is 0 Å². The molecule has 1 aliphatic heterocycles. The Bertz CT molecular complexity index is 835. The van der Waals surface area contributed by atoms with Crippen LogP contribution < -0.4 is 10.2 Å². The third-order valence-corrected chi connectivity index (χ3v) is 4.40. The van der Waals surface area contributed by atoms with Gasteiger partial charge in [0.25, 0.3) is 0 Å². The summed E-state index contributed by atoms with van der Waals surface area (Å²) in [7, 11) is 4.06. The van der Waals surface area contributed by atoms with E-state index in [1.807, 2.05) is 43.6 Å². The van der Waals surface area contributed by atoms with Gasteiger partial charge in [0.15, 0.2) is 5.65 Å². The van der Waals surface area contributed by atoms with Gasteiger partial charge in [-0.2, -0.15) is 15.1 Å². The van der Waals surface area contributed by atoms with E-state index in [4.69, 9.17) is 9.97 Å². The maximum Gasteiger partial charge on any atom is 0.229 e. The van der Waals surface area contributed by atoms with Crippen LogP contribution in [0.5, 0.6) is 0 Å². The summed E-state index contributed by atoms with van der Waals surface area (Å²) in [6.07, 6.45) is 1.81. The van der Waals surface area contributed by atoms with Crippen molar-refractivity contribution < 1.29 is 0 Å². The molecule has 0 unspecified atom stereocenters. The van der Waals surface area contributed by atoms with Gasteiger partial charge in [0.05, 0.1) is 11.6 Å². The first kappa shape index (κ1) is 14.9. The molecular weight excluding hydrogens is 302 g/mol. The summed E-state index contributed by atoms with van der Waals surface area (Å²) in [6, 6.07) is 10.1. The molecule has 1 aliphatic rings. The highest BCUT2D eigenvalue weighted by Gasteiger charge is 2.19. The van der Waals surface area contributed by atoms with Crippen LogP contribution in [0.3, 0.4) is 0 Å². The van der Waals surface area contributed by atoms with Crippen molar-refractivity contribution in [2.75, 3.05) is 43.4 Å². The molecule has 124 valence electrons. The van der Waals surface area contributed by atoms with Gasteiger partial charge in [-0.05, 0) is 19.2 Å². The van der Waals surface area contributed by atoms with E-state index in [-0.39, 0.29) is 0 Å². The van der Waals surface area contributed by atoms with Crippen molar-refractivity contribution >= 4 is 28.5 Å². The van der Waals surface area contributed by atoms with Crippen molar-refractivity contribution in [3.05, 3.63) is 36.5 Å². The van der Waals surface area contributed by atoms with Crippen molar-refractivity contribution in [2.24, 2.45) is 7.05 Å². The number of aromatic nitrogens is 4. The summed E-state index contributed by atoms with van der Waals surface area (Å²) in [5.74, 6) is 1.56. The minimum absolute atomic E-state index is 0.762. The standard InChI is InChI=1S/C17H21N7/c1-22-8-10-24(11-9-22)17-20-15(19-13-6-4-3-5-7-13)14-12-18-23(2)16(14)21-17/h3-7,12H,8-11H2,1-2H3,(H,19,20,21). The van der Waals surface area contributed by atoms with E-state index >= 15 is 0 Å². The number of rotatable bonds is 3. The number of nitrogens with one attached hydrogen (secondary N) is 1. The van der Waals surface area contributed by atoms with Crippen LogP contribution in [-0.2, 0) is 7.05 Å². The Morgan fingerprint density at radius 3 is 2.46 bits per heavy atom. The molecule has 0 bridgehead atoms. The van der Waals surface area contributed by atoms with Gasteiger partial charge in [-0.1, -0.05) is 18.2 Å². The molecule has 7 nitrogen and oxygen atoms in total. The van der Waals surface area contributed by atoms with Crippen LogP contribution in [0, 0.1) is 0 Å². The fraction of sp³-hybridized carbons (Fsp3) is 0.353. The number of para-hydroxylation sites is 1. The lowest BCUT2D eigenvalue weighted by Gasteiger charge is -2.32. The Morgan fingerprint density at radius 1 is 0.958 bits per heavy atom. The molecular formula is C17H21N7. The predicted octanol–water partition coefficient (Wildman–Crippen LogP) is 1.86. The minimum Gasteiger partial charge on any atom is -0.339 e. The number of benzene rings is 1. The van der Waals surface area contributed by atoms with Crippen LogP contribution in [0.4, 0.5) is 17.5 Å². The Balaban J connectivity index is 1.74. The van der Waals surface area contributed by atoms with Gasteiger partial charge in [0.2, 0.25) is 5.95 Å². The molecule has 3 heterocycles. The van der Waals surface area contributed by atoms with Crippen LogP contribution in [0.1, 0.15) is 0 Å². The number of hydrogen-bond acceptors (Lipinski definition) is 6. The Labute approximate surface area is 140 Å². The van der Waals surface area contributed by atoms with Crippen LogP contribution >= 0.6 is 0 Å². The molecule has 7 heteroatoms. The molecule has 0 saturated carbocycles. The molecule has 1 saturated heterocycles. The highest BCUT2D eigenvalue weighted by Crippen LogP contribution is 2.26. The van der Waals surface area contributed by atoms with Crippen molar-refractivity contribution in [1.29, 1.82) is 0 Å². The molecule has 1 aromatic carbocycles. The predicted molar refractivity (Wildman–Crippen MR) is 95.7 cm³/mol. The number of nitrogens with zero attached hydrogens (tertiary/aromatic N) is 6. The van der Waals surface area contributed by atoms with E-state index in [1.165, 1.54) is 0 Å². The second-order valence-electron chi connectivity index (χ2n) is 6.16. The largest absolute Gasteiger partial charge is 0.339 e. The SMILES string of the molecule is CN1CCN(c2nc(Nc3ccccc3)c3cnn(C)c3n2)CC1. The van der Waals surface area contributed by atoms with Gasteiger partial charge in [-0.3, -0.25) is 4.68 Å². The maximum absolute atomic E-state index is 4.79. The van der Waals surface area contributed by atoms with Gasteiger partial charge >= 0.3 is 0 Å². The van der Waals surface area contributed by atoms with E-state index < -0.39 is 0 Å². The van der Waals surface area contributed by atoms with Crippen LogP contribution in [0.2, 0.25) is 0 Å². The average molecular weight is 323 g/mol. The molecule has 0 atom stereocenters. The Hall–Kier alpha value is -2.67. The van der Waals surface area contributed by atoms with Gasteiger partial charge in [-0.15, -0.1) is 0 Å². The fourth-order valence-electron chi connectivity index (χ4n) is 2.91. The maximum atomic E-state index is 4.79.